The third-order valence-corrected chi connectivity index (χ3v) is 5.85. The molecular formula is C23H22Cl2N4O2. The zero-order chi connectivity index (χ0) is 21.6. The molecule has 160 valence electrons. The third-order valence-electron chi connectivity index (χ3n) is 5.25. The highest BCUT2D eigenvalue weighted by atomic mass is 35.5. The number of nitriles is 1. The summed E-state index contributed by atoms with van der Waals surface area (Å²) in [5.41, 5.74) is 1.26. The maximum atomic E-state index is 9.49. The van der Waals surface area contributed by atoms with E-state index in [0.29, 0.717) is 29.1 Å². The lowest BCUT2D eigenvalue weighted by molar-refractivity contribution is 0.252. The van der Waals surface area contributed by atoms with E-state index in [9.17, 15) is 5.26 Å². The SMILES string of the molecule is N#Cc1nc(COc2ccc(Cl)cc2)oc1NC[C@@H](c1ccccc1Cl)N1CCCC1. The second kappa shape index (κ2) is 10.1. The topological polar surface area (TPSA) is 74.3 Å². The van der Waals surface area contributed by atoms with Gasteiger partial charge in [-0.1, -0.05) is 41.4 Å². The summed E-state index contributed by atoms with van der Waals surface area (Å²) in [5, 5.41) is 14.1. The van der Waals surface area contributed by atoms with E-state index >= 15 is 0 Å². The average Bonchev–Trinajstić information content (AvgIpc) is 3.45. The van der Waals surface area contributed by atoms with Crippen LogP contribution in [0.15, 0.2) is 52.9 Å². The molecule has 1 fully saturated rings. The molecule has 1 aliphatic heterocycles. The summed E-state index contributed by atoms with van der Waals surface area (Å²) < 4.78 is 11.5. The summed E-state index contributed by atoms with van der Waals surface area (Å²) in [6.07, 6.45) is 2.33. The fourth-order valence-corrected chi connectivity index (χ4v) is 4.11. The standard InChI is InChI=1S/C23H22Cl2N4O2/c24-16-7-9-17(10-8-16)30-15-22-28-20(13-26)23(31-22)27-14-21(29-11-3-4-12-29)18-5-1-2-6-19(18)25/h1-2,5-10,21,27H,3-4,11-12,14-15H2/t21-/m0/s1. The number of halogens is 2. The van der Waals surface area contributed by atoms with E-state index in [1.54, 1.807) is 24.3 Å². The fraction of sp³-hybridized carbons (Fsp3) is 0.304. The first-order valence-corrected chi connectivity index (χ1v) is 10.9. The van der Waals surface area contributed by atoms with Crippen LogP contribution in [0, 0.1) is 11.3 Å². The fourth-order valence-electron chi connectivity index (χ4n) is 3.72. The van der Waals surface area contributed by atoms with Gasteiger partial charge in [0.25, 0.3) is 0 Å². The highest BCUT2D eigenvalue weighted by Gasteiger charge is 2.26. The molecule has 0 aliphatic carbocycles. The van der Waals surface area contributed by atoms with Crippen LogP contribution in [-0.4, -0.2) is 29.5 Å². The molecule has 4 rings (SSSR count). The zero-order valence-electron chi connectivity index (χ0n) is 16.9. The Hall–Kier alpha value is -2.72. The average molecular weight is 457 g/mol. The van der Waals surface area contributed by atoms with E-state index in [2.05, 4.69) is 21.3 Å². The number of hydrogen-bond acceptors (Lipinski definition) is 6. The predicted molar refractivity (Wildman–Crippen MR) is 120 cm³/mol. The van der Waals surface area contributed by atoms with Gasteiger partial charge in [0.15, 0.2) is 6.61 Å². The van der Waals surface area contributed by atoms with Crippen molar-refractivity contribution in [3.63, 3.8) is 0 Å². The van der Waals surface area contributed by atoms with E-state index in [1.807, 2.05) is 24.3 Å². The number of anilines is 1. The lowest BCUT2D eigenvalue weighted by Crippen LogP contribution is -2.31. The highest BCUT2D eigenvalue weighted by Crippen LogP contribution is 2.31. The maximum Gasteiger partial charge on any atom is 0.236 e. The molecule has 6 nitrogen and oxygen atoms in total. The maximum absolute atomic E-state index is 9.49. The summed E-state index contributed by atoms with van der Waals surface area (Å²) in [6, 6.07) is 17.0. The number of rotatable bonds is 8. The molecule has 0 radical (unpaired) electrons. The van der Waals surface area contributed by atoms with Crippen LogP contribution >= 0.6 is 23.2 Å². The molecule has 0 bridgehead atoms. The van der Waals surface area contributed by atoms with Gasteiger partial charge in [0, 0.05) is 16.6 Å². The van der Waals surface area contributed by atoms with Gasteiger partial charge in [-0.05, 0) is 61.8 Å². The summed E-state index contributed by atoms with van der Waals surface area (Å²) in [4.78, 5) is 6.65. The zero-order valence-corrected chi connectivity index (χ0v) is 18.4. The van der Waals surface area contributed by atoms with Crippen LogP contribution in [0.3, 0.4) is 0 Å². The van der Waals surface area contributed by atoms with Crippen LogP contribution in [0.1, 0.15) is 36.0 Å². The molecule has 1 aromatic heterocycles. The third kappa shape index (κ3) is 5.31. The molecule has 2 heterocycles. The molecule has 8 heteroatoms. The molecule has 2 aromatic carbocycles. The molecule has 31 heavy (non-hydrogen) atoms. The molecule has 0 spiro atoms. The molecule has 1 aliphatic rings. The van der Waals surface area contributed by atoms with E-state index < -0.39 is 0 Å². The Labute approximate surface area is 191 Å². The number of aromatic nitrogens is 1. The van der Waals surface area contributed by atoms with Crippen molar-refractivity contribution in [1.82, 2.24) is 9.88 Å². The first kappa shape index (κ1) is 21.5. The van der Waals surface area contributed by atoms with E-state index in [1.165, 1.54) is 12.8 Å². The smallest absolute Gasteiger partial charge is 0.236 e. The number of likely N-dealkylation sites (tertiary alicyclic amines) is 1. The second-order valence-corrected chi connectivity index (χ2v) is 8.14. The summed E-state index contributed by atoms with van der Waals surface area (Å²) >= 11 is 12.4. The Morgan fingerprint density at radius 3 is 2.58 bits per heavy atom. The predicted octanol–water partition coefficient (Wildman–Crippen LogP) is 5.68. The Bertz CT molecular complexity index is 1060. The summed E-state index contributed by atoms with van der Waals surface area (Å²) in [5.74, 6) is 1.31. The summed E-state index contributed by atoms with van der Waals surface area (Å²) in [7, 11) is 0. The molecule has 1 saturated heterocycles. The van der Waals surface area contributed by atoms with Crippen molar-refractivity contribution in [2.75, 3.05) is 25.0 Å². The first-order valence-electron chi connectivity index (χ1n) is 10.1. The molecule has 0 saturated carbocycles. The number of hydrogen-bond donors (Lipinski definition) is 1. The normalized spacial score (nSPS) is 14.9. The van der Waals surface area contributed by atoms with Crippen LogP contribution in [0.2, 0.25) is 10.0 Å². The van der Waals surface area contributed by atoms with Gasteiger partial charge in [-0.15, -0.1) is 0 Å². The van der Waals surface area contributed by atoms with Crippen LogP contribution in [0.4, 0.5) is 5.88 Å². The molecule has 1 N–H and O–H groups in total. The number of benzene rings is 2. The van der Waals surface area contributed by atoms with Crippen LogP contribution in [0.5, 0.6) is 5.75 Å². The van der Waals surface area contributed by atoms with Gasteiger partial charge in [-0.2, -0.15) is 10.2 Å². The van der Waals surface area contributed by atoms with Gasteiger partial charge >= 0.3 is 0 Å². The van der Waals surface area contributed by atoms with Crippen molar-refractivity contribution in [3.05, 3.63) is 75.7 Å². The van der Waals surface area contributed by atoms with Gasteiger partial charge < -0.3 is 14.5 Å². The Kier molecular flexibility index (Phi) is 6.98. The van der Waals surface area contributed by atoms with Crippen molar-refractivity contribution >= 4 is 29.1 Å². The second-order valence-electron chi connectivity index (χ2n) is 7.30. The largest absolute Gasteiger partial charge is 0.484 e. The molecule has 3 aromatic rings. The van der Waals surface area contributed by atoms with Crippen molar-refractivity contribution in [1.29, 1.82) is 5.26 Å². The number of oxazole rings is 1. The van der Waals surface area contributed by atoms with Gasteiger partial charge in [0.05, 0.1) is 6.04 Å². The van der Waals surface area contributed by atoms with Crippen LogP contribution in [0.25, 0.3) is 0 Å². The molecule has 0 unspecified atom stereocenters. The molecule has 0 amide bonds. The quantitative estimate of drug-likeness (QED) is 0.469. The Morgan fingerprint density at radius 2 is 1.87 bits per heavy atom. The Morgan fingerprint density at radius 1 is 1.13 bits per heavy atom. The summed E-state index contributed by atoms with van der Waals surface area (Å²) in [6.45, 7) is 2.68. The van der Waals surface area contributed by atoms with Gasteiger partial charge in [0.1, 0.15) is 11.8 Å². The monoisotopic (exact) mass is 456 g/mol. The van der Waals surface area contributed by atoms with Crippen molar-refractivity contribution in [2.24, 2.45) is 0 Å². The number of ether oxygens (including phenoxy) is 1. The van der Waals surface area contributed by atoms with Crippen molar-refractivity contribution in [2.45, 2.75) is 25.5 Å². The van der Waals surface area contributed by atoms with Crippen LogP contribution < -0.4 is 10.1 Å². The van der Waals surface area contributed by atoms with E-state index in [0.717, 1.165) is 23.7 Å². The molecular weight excluding hydrogens is 435 g/mol. The lowest BCUT2D eigenvalue weighted by atomic mass is 10.1. The lowest BCUT2D eigenvalue weighted by Gasteiger charge is -2.28. The van der Waals surface area contributed by atoms with Gasteiger partial charge in [-0.3, -0.25) is 4.90 Å². The van der Waals surface area contributed by atoms with E-state index in [-0.39, 0.29) is 18.3 Å². The minimum Gasteiger partial charge on any atom is -0.484 e. The van der Waals surface area contributed by atoms with Crippen LogP contribution in [-0.2, 0) is 6.61 Å². The number of nitrogens with zero attached hydrogens (tertiary/aromatic N) is 3. The molecule has 1 atom stereocenters. The Balaban J connectivity index is 1.46. The number of nitrogens with one attached hydrogen (secondary N) is 1. The minimum absolute atomic E-state index is 0.0709. The van der Waals surface area contributed by atoms with Gasteiger partial charge in [-0.25, -0.2) is 0 Å². The highest BCUT2D eigenvalue weighted by molar-refractivity contribution is 6.31. The first-order chi connectivity index (χ1) is 15.1. The van der Waals surface area contributed by atoms with Crippen molar-refractivity contribution < 1.29 is 9.15 Å². The van der Waals surface area contributed by atoms with Crippen molar-refractivity contribution in [3.8, 4) is 11.8 Å². The van der Waals surface area contributed by atoms with E-state index in [4.69, 9.17) is 32.4 Å². The minimum atomic E-state index is 0.0709. The van der Waals surface area contributed by atoms with Gasteiger partial charge in [0.2, 0.25) is 17.5 Å².